The SMILES string of the molecule is OC(c1cn2ccccc2n1)c1ccc(Br)c(Cl)c1F. The van der Waals surface area contributed by atoms with Gasteiger partial charge in [0.25, 0.3) is 0 Å². The summed E-state index contributed by atoms with van der Waals surface area (Å²) >= 11 is 8.97. The third-order valence-corrected chi connectivity index (χ3v) is 4.28. The van der Waals surface area contributed by atoms with E-state index < -0.39 is 11.9 Å². The summed E-state index contributed by atoms with van der Waals surface area (Å²) in [6, 6.07) is 8.58. The summed E-state index contributed by atoms with van der Waals surface area (Å²) in [5.41, 5.74) is 1.15. The summed E-state index contributed by atoms with van der Waals surface area (Å²) in [6.07, 6.45) is 2.30. The number of nitrogens with zero attached hydrogens (tertiary/aromatic N) is 2. The zero-order valence-electron chi connectivity index (χ0n) is 10.1. The first kappa shape index (κ1) is 13.5. The molecule has 3 rings (SSSR count). The minimum absolute atomic E-state index is 0.0506. The third kappa shape index (κ3) is 2.22. The lowest BCUT2D eigenvalue weighted by Crippen LogP contribution is -2.03. The topological polar surface area (TPSA) is 37.5 Å². The first-order chi connectivity index (χ1) is 9.58. The molecule has 0 amide bonds. The summed E-state index contributed by atoms with van der Waals surface area (Å²) in [7, 11) is 0. The molecule has 0 bridgehead atoms. The zero-order chi connectivity index (χ0) is 14.3. The Kier molecular flexibility index (Phi) is 3.50. The molecule has 0 aliphatic carbocycles. The summed E-state index contributed by atoms with van der Waals surface area (Å²) in [5, 5.41) is 10.2. The molecule has 0 radical (unpaired) electrons. The van der Waals surface area contributed by atoms with E-state index in [0.717, 1.165) is 0 Å². The minimum atomic E-state index is -1.17. The van der Waals surface area contributed by atoms with E-state index in [2.05, 4.69) is 20.9 Å². The number of rotatable bonds is 2. The largest absolute Gasteiger partial charge is 0.382 e. The molecule has 102 valence electrons. The van der Waals surface area contributed by atoms with Crippen LogP contribution in [0.25, 0.3) is 5.65 Å². The predicted octanol–water partition coefficient (Wildman–Crippen LogP) is 3.97. The van der Waals surface area contributed by atoms with E-state index >= 15 is 0 Å². The molecule has 20 heavy (non-hydrogen) atoms. The van der Waals surface area contributed by atoms with E-state index in [1.807, 2.05) is 18.3 Å². The maximum atomic E-state index is 14.1. The van der Waals surface area contributed by atoms with Crippen molar-refractivity contribution in [1.82, 2.24) is 9.38 Å². The molecule has 1 N–H and O–H groups in total. The van der Waals surface area contributed by atoms with Crippen molar-refractivity contribution in [2.45, 2.75) is 6.10 Å². The highest BCUT2D eigenvalue weighted by atomic mass is 79.9. The van der Waals surface area contributed by atoms with Gasteiger partial charge in [-0.2, -0.15) is 0 Å². The molecule has 1 atom stereocenters. The van der Waals surface area contributed by atoms with Crippen LogP contribution in [0, 0.1) is 5.82 Å². The molecule has 2 aromatic heterocycles. The smallest absolute Gasteiger partial charge is 0.149 e. The van der Waals surface area contributed by atoms with Gasteiger partial charge < -0.3 is 9.51 Å². The maximum absolute atomic E-state index is 14.1. The first-order valence-electron chi connectivity index (χ1n) is 5.83. The molecule has 2 heterocycles. The van der Waals surface area contributed by atoms with Crippen molar-refractivity contribution < 1.29 is 9.50 Å². The lowest BCUT2D eigenvalue weighted by atomic mass is 10.1. The first-order valence-corrected chi connectivity index (χ1v) is 7.00. The van der Waals surface area contributed by atoms with Crippen molar-refractivity contribution in [2.75, 3.05) is 0 Å². The van der Waals surface area contributed by atoms with Gasteiger partial charge >= 0.3 is 0 Å². The van der Waals surface area contributed by atoms with Gasteiger partial charge in [-0.1, -0.05) is 23.7 Å². The molecule has 6 heteroatoms. The number of pyridine rings is 1. The number of aromatic nitrogens is 2. The van der Waals surface area contributed by atoms with Gasteiger partial charge in [0.1, 0.15) is 17.6 Å². The van der Waals surface area contributed by atoms with Crippen molar-refractivity contribution >= 4 is 33.2 Å². The fourth-order valence-electron chi connectivity index (χ4n) is 2.00. The second-order valence-electron chi connectivity index (χ2n) is 4.30. The van der Waals surface area contributed by atoms with Gasteiger partial charge in [0, 0.05) is 22.4 Å². The second-order valence-corrected chi connectivity index (χ2v) is 5.53. The van der Waals surface area contributed by atoms with Crippen LogP contribution >= 0.6 is 27.5 Å². The predicted molar refractivity (Wildman–Crippen MR) is 78.4 cm³/mol. The molecular formula is C14H9BrClFN2O. The van der Waals surface area contributed by atoms with Crippen molar-refractivity contribution in [3.05, 3.63) is 69.3 Å². The van der Waals surface area contributed by atoms with E-state index in [0.29, 0.717) is 15.8 Å². The molecule has 0 spiro atoms. The van der Waals surface area contributed by atoms with Crippen LogP contribution in [0.3, 0.4) is 0 Å². The average molecular weight is 356 g/mol. The Labute approximate surface area is 127 Å². The fraction of sp³-hybridized carbons (Fsp3) is 0.0714. The van der Waals surface area contributed by atoms with Crippen molar-refractivity contribution in [3.63, 3.8) is 0 Å². The summed E-state index contributed by atoms with van der Waals surface area (Å²) < 4.78 is 16.3. The molecule has 1 aromatic carbocycles. The molecule has 3 aromatic rings. The number of fused-ring (bicyclic) bond motifs is 1. The molecule has 0 fully saturated rings. The molecule has 0 aliphatic rings. The van der Waals surface area contributed by atoms with E-state index in [4.69, 9.17) is 11.6 Å². The van der Waals surface area contributed by atoms with Crippen LogP contribution < -0.4 is 0 Å². The Balaban J connectivity index is 2.08. The quantitative estimate of drug-likeness (QED) is 0.706. The van der Waals surface area contributed by atoms with E-state index in [9.17, 15) is 9.50 Å². The van der Waals surface area contributed by atoms with Crippen LogP contribution in [0.4, 0.5) is 4.39 Å². The van der Waals surface area contributed by atoms with Gasteiger partial charge in [-0.15, -0.1) is 0 Å². The maximum Gasteiger partial charge on any atom is 0.149 e. The van der Waals surface area contributed by atoms with Crippen molar-refractivity contribution in [2.24, 2.45) is 0 Å². The molecular weight excluding hydrogens is 347 g/mol. The highest BCUT2D eigenvalue weighted by Gasteiger charge is 2.20. The van der Waals surface area contributed by atoms with Gasteiger partial charge in [-0.05, 0) is 34.1 Å². The van der Waals surface area contributed by atoms with Crippen LogP contribution in [0.1, 0.15) is 17.4 Å². The molecule has 0 saturated carbocycles. The van der Waals surface area contributed by atoms with Crippen LogP contribution in [0.2, 0.25) is 5.02 Å². The fourth-order valence-corrected chi connectivity index (χ4v) is 2.48. The van der Waals surface area contributed by atoms with Gasteiger partial charge in [-0.25, -0.2) is 9.37 Å². The highest BCUT2D eigenvalue weighted by Crippen LogP contribution is 2.32. The lowest BCUT2D eigenvalue weighted by molar-refractivity contribution is 0.210. The number of aliphatic hydroxyl groups is 1. The second kappa shape index (κ2) is 5.16. The van der Waals surface area contributed by atoms with Crippen LogP contribution in [0.5, 0.6) is 0 Å². The van der Waals surface area contributed by atoms with E-state index in [1.54, 1.807) is 22.7 Å². The summed E-state index contributed by atoms with van der Waals surface area (Å²) in [6.45, 7) is 0. The van der Waals surface area contributed by atoms with Crippen molar-refractivity contribution in [1.29, 1.82) is 0 Å². The van der Waals surface area contributed by atoms with Gasteiger partial charge in [0.15, 0.2) is 0 Å². The molecule has 3 nitrogen and oxygen atoms in total. The molecule has 1 unspecified atom stereocenters. The number of halogens is 3. The average Bonchev–Trinajstić information content (AvgIpc) is 2.88. The van der Waals surface area contributed by atoms with Gasteiger partial charge in [0.2, 0.25) is 0 Å². The number of benzene rings is 1. The third-order valence-electron chi connectivity index (χ3n) is 3.02. The minimum Gasteiger partial charge on any atom is -0.382 e. The zero-order valence-corrected chi connectivity index (χ0v) is 12.4. The van der Waals surface area contributed by atoms with Crippen molar-refractivity contribution in [3.8, 4) is 0 Å². The Bertz CT molecular complexity index is 757. The Morgan fingerprint density at radius 2 is 2.10 bits per heavy atom. The number of hydrogen-bond donors (Lipinski definition) is 1. The van der Waals surface area contributed by atoms with Crippen LogP contribution in [-0.2, 0) is 0 Å². The van der Waals surface area contributed by atoms with Gasteiger partial charge in [-0.3, -0.25) is 0 Å². The molecule has 0 aliphatic heterocycles. The van der Waals surface area contributed by atoms with E-state index in [1.165, 1.54) is 6.07 Å². The summed E-state index contributed by atoms with van der Waals surface area (Å²) in [5.74, 6) is -0.648. The Morgan fingerprint density at radius 1 is 1.30 bits per heavy atom. The standard InChI is InChI=1S/C14H9BrClFN2O/c15-9-5-4-8(13(17)12(9)16)14(20)10-7-19-6-2-1-3-11(19)18-10/h1-7,14,20H. The Morgan fingerprint density at radius 3 is 2.85 bits per heavy atom. The normalized spacial score (nSPS) is 12.8. The monoisotopic (exact) mass is 354 g/mol. The van der Waals surface area contributed by atoms with Crippen LogP contribution in [0.15, 0.2) is 47.2 Å². The van der Waals surface area contributed by atoms with Crippen LogP contribution in [-0.4, -0.2) is 14.5 Å². The van der Waals surface area contributed by atoms with Gasteiger partial charge in [0.05, 0.1) is 10.7 Å². The summed E-state index contributed by atoms with van der Waals surface area (Å²) in [4.78, 5) is 4.27. The number of aliphatic hydroxyl groups excluding tert-OH is 1. The molecule has 0 saturated heterocycles. The number of hydrogen-bond acceptors (Lipinski definition) is 2. The van der Waals surface area contributed by atoms with E-state index in [-0.39, 0.29) is 10.6 Å². The Hall–Kier alpha value is -1.43. The lowest BCUT2D eigenvalue weighted by Gasteiger charge is -2.11. The number of imidazole rings is 1. The highest BCUT2D eigenvalue weighted by molar-refractivity contribution is 9.10.